The van der Waals surface area contributed by atoms with Crippen LogP contribution in [0.1, 0.15) is 87.0 Å². The molecule has 0 saturated heterocycles. The van der Waals surface area contributed by atoms with E-state index >= 15 is 0 Å². The van der Waals surface area contributed by atoms with E-state index in [1.807, 2.05) is 0 Å². The summed E-state index contributed by atoms with van der Waals surface area (Å²) in [5.74, 6) is 4.50. The molecule has 0 fully saturated rings. The van der Waals surface area contributed by atoms with E-state index in [2.05, 4.69) is 48.5 Å². The minimum absolute atomic E-state index is 0.856. The van der Waals surface area contributed by atoms with E-state index in [4.69, 9.17) is 0 Å². The summed E-state index contributed by atoms with van der Waals surface area (Å²) in [5, 5.41) is 0. The van der Waals surface area contributed by atoms with Gasteiger partial charge in [0, 0.05) is 0 Å². The highest BCUT2D eigenvalue weighted by atomic mass is 14.2. The van der Waals surface area contributed by atoms with Gasteiger partial charge in [-0.2, -0.15) is 0 Å². The van der Waals surface area contributed by atoms with Gasteiger partial charge in [-0.15, -0.1) is 0 Å². The highest BCUT2D eigenvalue weighted by Gasteiger charge is 2.15. The lowest BCUT2D eigenvalue weighted by Gasteiger charge is -2.23. The standard InChI is InChI=1S/C18H38/c1-8-9-15(4)11-17(6)13-18(7)12-16(5)10-14(2)3/h14-18H,8-13H2,1-7H3. The van der Waals surface area contributed by atoms with Gasteiger partial charge in [0.25, 0.3) is 0 Å². The molecule has 0 radical (unpaired) electrons. The van der Waals surface area contributed by atoms with Crippen molar-refractivity contribution in [2.24, 2.45) is 29.6 Å². The second-order valence-corrected chi connectivity index (χ2v) is 7.55. The molecule has 0 aliphatic carbocycles. The average molecular weight is 255 g/mol. The first-order valence-electron chi connectivity index (χ1n) is 8.35. The highest BCUT2D eigenvalue weighted by Crippen LogP contribution is 2.27. The Morgan fingerprint density at radius 2 is 0.944 bits per heavy atom. The first-order valence-corrected chi connectivity index (χ1v) is 8.35. The van der Waals surface area contributed by atoms with Crippen molar-refractivity contribution < 1.29 is 0 Å². The average Bonchev–Trinajstić information content (AvgIpc) is 2.14. The molecule has 0 aromatic heterocycles. The Bertz CT molecular complexity index is 182. The fourth-order valence-corrected chi connectivity index (χ4v) is 3.76. The van der Waals surface area contributed by atoms with Crippen molar-refractivity contribution in [3.05, 3.63) is 0 Å². The Balaban J connectivity index is 3.82. The van der Waals surface area contributed by atoms with Crippen LogP contribution in [0.3, 0.4) is 0 Å². The number of hydrogen-bond acceptors (Lipinski definition) is 0. The molecule has 0 saturated carbocycles. The van der Waals surface area contributed by atoms with Crippen molar-refractivity contribution in [3.63, 3.8) is 0 Å². The molecule has 0 aliphatic heterocycles. The fraction of sp³-hybridized carbons (Fsp3) is 1.00. The van der Waals surface area contributed by atoms with Gasteiger partial charge in [-0.1, -0.05) is 61.3 Å². The summed E-state index contributed by atoms with van der Waals surface area (Å²) in [6.45, 7) is 16.8. The molecule has 110 valence electrons. The van der Waals surface area contributed by atoms with Crippen LogP contribution in [-0.4, -0.2) is 0 Å². The van der Waals surface area contributed by atoms with Gasteiger partial charge in [-0.05, 0) is 55.3 Å². The second kappa shape index (κ2) is 9.87. The number of rotatable bonds is 10. The molecule has 0 amide bonds. The van der Waals surface area contributed by atoms with Crippen LogP contribution < -0.4 is 0 Å². The molecule has 4 unspecified atom stereocenters. The van der Waals surface area contributed by atoms with Crippen LogP contribution in [0.25, 0.3) is 0 Å². The van der Waals surface area contributed by atoms with Crippen molar-refractivity contribution in [2.75, 3.05) is 0 Å². The lowest BCUT2D eigenvalue weighted by molar-refractivity contribution is 0.286. The van der Waals surface area contributed by atoms with Crippen molar-refractivity contribution in [1.82, 2.24) is 0 Å². The molecule has 0 bridgehead atoms. The van der Waals surface area contributed by atoms with Gasteiger partial charge in [-0.25, -0.2) is 0 Å². The Labute approximate surface area is 117 Å². The second-order valence-electron chi connectivity index (χ2n) is 7.55. The summed E-state index contributed by atoms with van der Waals surface area (Å²) in [4.78, 5) is 0. The lowest BCUT2D eigenvalue weighted by atomic mass is 9.83. The van der Waals surface area contributed by atoms with Crippen molar-refractivity contribution in [2.45, 2.75) is 87.0 Å². The molecule has 0 aromatic rings. The molecule has 4 atom stereocenters. The van der Waals surface area contributed by atoms with E-state index in [1.165, 1.54) is 38.5 Å². The molecular weight excluding hydrogens is 216 g/mol. The topological polar surface area (TPSA) is 0 Å². The van der Waals surface area contributed by atoms with Crippen LogP contribution in [0, 0.1) is 29.6 Å². The maximum Gasteiger partial charge on any atom is -0.0438 e. The summed E-state index contributed by atoms with van der Waals surface area (Å²) >= 11 is 0. The molecule has 0 N–H and O–H groups in total. The maximum atomic E-state index is 2.46. The fourth-order valence-electron chi connectivity index (χ4n) is 3.76. The Kier molecular flexibility index (Phi) is 9.87. The molecular formula is C18H38. The van der Waals surface area contributed by atoms with E-state index in [1.54, 1.807) is 0 Å². The van der Waals surface area contributed by atoms with Gasteiger partial charge < -0.3 is 0 Å². The van der Waals surface area contributed by atoms with E-state index in [9.17, 15) is 0 Å². The van der Waals surface area contributed by atoms with Crippen LogP contribution >= 0.6 is 0 Å². The zero-order chi connectivity index (χ0) is 14.1. The van der Waals surface area contributed by atoms with Gasteiger partial charge in [0.15, 0.2) is 0 Å². The third-order valence-electron chi connectivity index (χ3n) is 4.07. The van der Waals surface area contributed by atoms with Crippen LogP contribution in [0.4, 0.5) is 0 Å². The summed E-state index contributed by atoms with van der Waals surface area (Å²) in [6, 6.07) is 0. The predicted octanol–water partition coefficient (Wildman–Crippen LogP) is 6.55. The highest BCUT2D eigenvalue weighted by molar-refractivity contribution is 4.66. The smallest absolute Gasteiger partial charge is 0.0438 e. The summed E-state index contributed by atoms with van der Waals surface area (Å²) in [7, 11) is 0. The van der Waals surface area contributed by atoms with Crippen molar-refractivity contribution in [1.29, 1.82) is 0 Å². The zero-order valence-corrected chi connectivity index (χ0v) is 14.1. The molecule has 0 aliphatic rings. The lowest BCUT2D eigenvalue weighted by Crippen LogP contribution is -2.11. The van der Waals surface area contributed by atoms with E-state index in [-0.39, 0.29) is 0 Å². The van der Waals surface area contributed by atoms with Crippen molar-refractivity contribution >= 4 is 0 Å². The summed E-state index contributed by atoms with van der Waals surface area (Å²) in [5.41, 5.74) is 0. The van der Waals surface area contributed by atoms with Gasteiger partial charge in [0.1, 0.15) is 0 Å². The molecule has 0 aromatic carbocycles. The molecule has 0 nitrogen and oxygen atoms in total. The van der Waals surface area contributed by atoms with Crippen molar-refractivity contribution in [3.8, 4) is 0 Å². The van der Waals surface area contributed by atoms with Gasteiger partial charge >= 0.3 is 0 Å². The molecule has 0 heterocycles. The van der Waals surface area contributed by atoms with Gasteiger partial charge in [0.2, 0.25) is 0 Å². The zero-order valence-electron chi connectivity index (χ0n) is 14.1. The van der Waals surface area contributed by atoms with E-state index in [0.717, 1.165) is 29.6 Å². The van der Waals surface area contributed by atoms with E-state index < -0.39 is 0 Å². The molecule has 0 spiro atoms. The Hall–Kier alpha value is 0. The van der Waals surface area contributed by atoms with Crippen LogP contribution in [0.2, 0.25) is 0 Å². The first-order chi connectivity index (χ1) is 8.35. The van der Waals surface area contributed by atoms with Gasteiger partial charge in [-0.3, -0.25) is 0 Å². The third-order valence-corrected chi connectivity index (χ3v) is 4.07. The Morgan fingerprint density at radius 1 is 0.556 bits per heavy atom. The SMILES string of the molecule is CCCC(C)CC(C)CC(C)CC(C)CC(C)C. The normalized spacial score (nSPS) is 18.7. The number of hydrogen-bond donors (Lipinski definition) is 0. The third kappa shape index (κ3) is 9.97. The first kappa shape index (κ1) is 18.0. The predicted molar refractivity (Wildman–Crippen MR) is 84.9 cm³/mol. The maximum absolute atomic E-state index is 2.46. The quantitative estimate of drug-likeness (QED) is 0.415. The van der Waals surface area contributed by atoms with E-state index in [0.29, 0.717) is 0 Å². The van der Waals surface area contributed by atoms with Crippen LogP contribution in [-0.2, 0) is 0 Å². The molecule has 18 heavy (non-hydrogen) atoms. The molecule has 0 rings (SSSR count). The summed E-state index contributed by atoms with van der Waals surface area (Å²) < 4.78 is 0. The largest absolute Gasteiger partial charge is 0.0654 e. The van der Waals surface area contributed by atoms with Gasteiger partial charge in [0.05, 0.1) is 0 Å². The molecule has 0 heteroatoms. The Morgan fingerprint density at radius 3 is 1.33 bits per heavy atom. The van der Waals surface area contributed by atoms with Crippen LogP contribution in [0.15, 0.2) is 0 Å². The minimum Gasteiger partial charge on any atom is -0.0654 e. The summed E-state index contributed by atoms with van der Waals surface area (Å²) in [6.07, 6.45) is 8.42. The monoisotopic (exact) mass is 254 g/mol. The minimum atomic E-state index is 0.856. The van der Waals surface area contributed by atoms with Crippen LogP contribution in [0.5, 0.6) is 0 Å².